The molecule has 0 amide bonds. The Morgan fingerprint density at radius 2 is 1.89 bits per heavy atom. The highest BCUT2D eigenvalue weighted by Gasteiger charge is 2.12. The Kier molecular flexibility index (Phi) is 6.49. The fraction of sp³-hybridized carbons (Fsp3) is 0.538. The van der Waals surface area contributed by atoms with Gasteiger partial charge in [0, 0.05) is 12.7 Å². The first-order valence-corrected chi connectivity index (χ1v) is 5.81. The second-order valence-corrected chi connectivity index (χ2v) is 3.79. The van der Waals surface area contributed by atoms with Crippen molar-refractivity contribution in [3.8, 4) is 11.5 Å². The van der Waals surface area contributed by atoms with Crippen LogP contribution < -0.4 is 15.0 Å². The smallest absolute Gasteiger partial charge is 0.123 e. The minimum absolute atomic E-state index is 0.00749. The van der Waals surface area contributed by atoms with E-state index in [1.54, 1.807) is 21.3 Å². The maximum atomic E-state index is 5.32. The number of nitrogens with one attached hydrogen (secondary N) is 1. The van der Waals surface area contributed by atoms with E-state index >= 15 is 0 Å². The number of hydroxylamine groups is 1. The average molecular weight is 255 g/mol. The Morgan fingerprint density at radius 1 is 1.11 bits per heavy atom. The molecule has 0 saturated heterocycles. The third-order valence-corrected chi connectivity index (χ3v) is 2.55. The summed E-state index contributed by atoms with van der Waals surface area (Å²) in [5.41, 5.74) is 3.92. The summed E-state index contributed by atoms with van der Waals surface area (Å²) in [7, 11) is 4.92. The van der Waals surface area contributed by atoms with Crippen molar-refractivity contribution in [2.75, 3.05) is 34.5 Å². The van der Waals surface area contributed by atoms with Gasteiger partial charge in [-0.3, -0.25) is 4.84 Å². The van der Waals surface area contributed by atoms with Gasteiger partial charge in [0.25, 0.3) is 0 Å². The molecule has 0 bridgehead atoms. The van der Waals surface area contributed by atoms with Gasteiger partial charge >= 0.3 is 0 Å². The van der Waals surface area contributed by atoms with E-state index in [1.807, 2.05) is 25.1 Å². The van der Waals surface area contributed by atoms with Gasteiger partial charge in [-0.1, -0.05) is 0 Å². The van der Waals surface area contributed by atoms with Gasteiger partial charge in [0.1, 0.15) is 11.5 Å². The number of hydrogen-bond donors (Lipinski definition) is 1. The largest absolute Gasteiger partial charge is 0.497 e. The summed E-state index contributed by atoms with van der Waals surface area (Å²) in [4.78, 5) is 5.29. The molecule has 102 valence electrons. The molecule has 0 radical (unpaired) electrons. The van der Waals surface area contributed by atoms with Crippen LogP contribution in [0.25, 0.3) is 0 Å². The molecule has 0 saturated carbocycles. The van der Waals surface area contributed by atoms with Gasteiger partial charge in [-0.25, -0.2) is 0 Å². The maximum absolute atomic E-state index is 5.32. The molecule has 0 aliphatic rings. The van der Waals surface area contributed by atoms with Gasteiger partial charge in [-0.05, 0) is 25.1 Å². The maximum Gasteiger partial charge on any atom is 0.123 e. The Bertz CT molecular complexity index is 357. The van der Waals surface area contributed by atoms with Crippen molar-refractivity contribution in [3.63, 3.8) is 0 Å². The van der Waals surface area contributed by atoms with E-state index in [2.05, 4.69) is 5.48 Å². The van der Waals surface area contributed by atoms with Crippen LogP contribution in [-0.4, -0.2) is 34.5 Å². The first-order chi connectivity index (χ1) is 8.72. The zero-order chi connectivity index (χ0) is 13.4. The van der Waals surface area contributed by atoms with E-state index in [0.29, 0.717) is 13.2 Å². The van der Waals surface area contributed by atoms with Crippen LogP contribution in [0.4, 0.5) is 0 Å². The fourth-order valence-corrected chi connectivity index (χ4v) is 1.55. The molecule has 0 spiro atoms. The molecule has 1 unspecified atom stereocenters. The van der Waals surface area contributed by atoms with Crippen molar-refractivity contribution in [1.82, 2.24) is 5.48 Å². The predicted molar refractivity (Wildman–Crippen MR) is 68.9 cm³/mol. The minimum Gasteiger partial charge on any atom is -0.497 e. The molecule has 0 aromatic heterocycles. The number of methoxy groups -OCH3 is 3. The molecule has 18 heavy (non-hydrogen) atoms. The molecule has 0 heterocycles. The van der Waals surface area contributed by atoms with Crippen molar-refractivity contribution in [1.29, 1.82) is 0 Å². The summed E-state index contributed by atoms with van der Waals surface area (Å²) in [5, 5.41) is 0. The van der Waals surface area contributed by atoms with Crippen LogP contribution >= 0.6 is 0 Å². The number of benzene rings is 1. The molecule has 5 nitrogen and oxygen atoms in total. The number of rotatable bonds is 8. The molecule has 1 aromatic rings. The van der Waals surface area contributed by atoms with Crippen molar-refractivity contribution in [3.05, 3.63) is 23.8 Å². The summed E-state index contributed by atoms with van der Waals surface area (Å²) >= 11 is 0. The molecule has 0 aliphatic heterocycles. The van der Waals surface area contributed by atoms with Crippen LogP contribution in [0.1, 0.15) is 18.5 Å². The molecule has 0 aliphatic carbocycles. The molecular formula is C13H21NO4. The van der Waals surface area contributed by atoms with Gasteiger partial charge in [-0.2, -0.15) is 5.48 Å². The summed E-state index contributed by atoms with van der Waals surface area (Å²) in [5.74, 6) is 1.59. The lowest BCUT2D eigenvalue weighted by molar-refractivity contribution is -0.00959. The van der Waals surface area contributed by atoms with Crippen LogP contribution in [0.5, 0.6) is 11.5 Å². The molecule has 1 aromatic carbocycles. The van der Waals surface area contributed by atoms with Gasteiger partial charge in [-0.15, -0.1) is 0 Å². The van der Waals surface area contributed by atoms with Crippen molar-refractivity contribution >= 4 is 0 Å². The summed E-state index contributed by atoms with van der Waals surface area (Å²) < 4.78 is 15.4. The van der Waals surface area contributed by atoms with Crippen molar-refractivity contribution in [2.45, 2.75) is 13.0 Å². The highest BCUT2D eigenvalue weighted by Crippen LogP contribution is 2.29. The Labute approximate surface area is 108 Å². The number of ether oxygens (including phenoxy) is 3. The molecule has 1 rings (SSSR count). The van der Waals surface area contributed by atoms with Crippen LogP contribution in [0.3, 0.4) is 0 Å². The molecular weight excluding hydrogens is 234 g/mol. The lowest BCUT2D eigenvalue weighted by atomic mass is 10.1. The van der Waals surface area contributed by atoms with Crippen molar-refractivity contribution < 1.29 is 19.0 Å². The second-order valence-electron chi connectivity index (χ2n) is 3.79. The van der Waals surface area contributed by atoms with Gasteiger partial charge in [0.05, 0.1) is 33.5 Å². The topological polar surface area (TPSA) is 49.0 Å². The van der Waals surface area contributed by atoms with Gasteiger partial charge < -0.3 is 14.2 Å². The van der Waals surface area contributed by atoms with Crippen LogP contribution in [0.15, 0.2) is 18.2 Å². The van der Waals surface area contributed by atoms with Gasteiger partial charge in [0.15, 0.2) is 0 Å². The summed E-state index contributed by atoms with van der Waals surface area (Å²) in [6.07, 6.45) is 0. The number of hydrogen-bond acceptors (Lipinski definition) is 5. The zero-order valence-electron chi connectivity index (χ0n) is 11.4. The zero-order valence-corrected chi connectivity index (χ0v) is 11.4. The molecule has 1 N–H and O–H groups in total. The Balaban J connectivity index is 2.66. The van der Waals surface area contributed by atoms with E-state index in [0.717, 1.165) is 17.1 Å². The first-order valence-electron chi connectivity index (χ1n) is 5.81. The quantitative estimate of drug-likeness (QED) is 0.568. The molecule has 0 fully saturated rings. The third-order valence-electron chi connectivity index (χ3n) is 2.55. The first kappa shape index (κ1) is 14.8. The van der Waals surface area contributed by atoms with E-state index in [9.17, 15) is 0 Å². The van der Waals surface area contributed by atoms with E-state index in [-0.39, 0.29) is 6.04 Å². The van der Waals surface area contributed by atoms with E-state index in [4.69, 9.17) is 19.0 Å². The third kappa shape index (κ3) is 4.18. The average Bonchev–Trinajstić information content (AvgIpc) is 2.42. The normalized spacial score (nSPS) is 12.2. The standard InChI is InChI=1S/C13H21NO4/c1-10(14-18-8-7-15-2)12-9-11(16-3)5-6-13(12)17-4/h5-6,9-10,14H,7-8H2,1-4H3. The Hall–Kier alpha value is -1.30. The van der Waals surface area contributed by atoms with Crippen LogP contribution in [-0.2, 0) is 9.57 Å². The lowest BCUT2D eigenvalue weighted by Gasteiger charge is -2.17. The van der Waals surface area contributed by atoms with Gasteiger partial charge in [0.2, 0.25) is 0 Å². The predicted octanol–water partition coefficient (Wildman–Crippen LogP) is 1.93. The Morgan fingerprint density at radius 3 is 2.50 bits per heavy atom. The molecule has 5 heteroatoms. The summed E-state index contributed by atoms with van der Waals surface area (Å²) in [6, 6.07) is 5.66. The van der Waals surface area contributed by atoms with E-state index in [1.165, 1.54) is 0 Å². The van der Waals surface area contributed by atoms with Crippen LogP contribution in [0.2, 0.25) is 0 Å². The minimum atomic E-state index is -0.00749. The monoisotopic (exact) mass is 255 g/mol. The van der Waals surface area contributed by atoms with E-state index < -0.39 is 0 Å². The SMILES string of the molecule is COCCONC(C)c1cc(OC)ccc1OC. The highest BCUT2D eigenvalue weighted by molar-refractivity contribution is 5.41. The van der Waals surface area contributed by atoms with Crippen molar-refractivity contribution in [2.24, 2.45) is 0 Å². The van der Waals surface area contributed by atoms with Crippen LogP contribution in [0, 0.1) is 0 Å². The highest BCUT2D eigenvalue weighted by atomic mass is 16.7. The fourth-order valence-electron chi connectivity index (χ4n) is 1.55. The molecule has 1 atom stereocenters. The lowest BCUT2D eigenvalue weighted by Crippen LogP contribution is -2.21. The second kappa shape index (κ2) is 7.92. The summed E-state index contributed by atoms with van der Waals surface area (Å²) in [6.45, 7) is 3.03.